The van der Waals surface area contributed by atoms with Crippen LogP contribution >= 0.6 is 11.8 Å². The number of ether oxygens (including phenoxy) is 1. The van der Waals surface area contributed by atoms with Gasteiger partial charge >= 0.3 is 5.97 Å². The minimum Gasteiger partial charge on any atom is -0.462 e. The number of nitriles is 1. The number of hydrogen-bond acceptors (Lipinski definition) is 6. The van der Waals surface area contributed by atoms with Gasteiger partial charge in [-0.3, -0.25) is 9.69 Å². The largest absolute Gasteiger partial charge is 0.462 e. The molecule has 4 rings (SSSR count). The number of carbonyl (C=O) groups is 2. The number of anilines is 1. The molecule has 1 fully saturated rings. The molecule has 2 aliphatic rings. The zero-order valence-corrected chi connectivity index (χ0v) is 19.9. The quantitative estimate of drug-likeness (QED) is 0.570. The maximum atomic E-state index is 13.1. The number of amides is 1. The molecule has 1 atom stereocenters. The molecule has 0 aromatic heterocycles. The molecular formula is C26H27N3O3S. The Morgan fingerprint density at radius 1 is 1.18 bits per heavy atom. The van der Waals surface area contributed by atoms with Crippen molar-refractivity contribution in [2.45, 2.75) is 39.0 Å². The van der Waals surface area contributed by atoms with E-state index in [4.69, 9.17) is 4.74 Å². The van der Waals surface area contributed by atoms with Crippen molar-refractivity contribution in [1.82, 2.24) is 4.90 Å². The second kappa shape index (κ2) is 9.72. The third kappa shape index (κ3) is 4.62. The van der Waals surface area contributed by atoms with Gasteiger partial charge in [0.15, 0.2) is 0 Å². The molecule has 0 saturated carbocycles. The van der Waals surface area contributed by atoms with Gasteiger partial charge in [0.1, 0.15) is 0 Å². The van der Waals surface area contributed by atoms with E-state index in [0.29, 0.717) is 36.2 Å². The maximum absolute atomic E-state index is 13.1. The van der Waals surface area contributed by atoms with E-state index in [1.165, 1.54) is 17.3 Å². The summed E-state index contributed by atoms with van der Waals surface area (Å²) in [4.78, 5) is 28.8. The smallest absolute Gasteiger partial charge is 0.338 e. The maximum Gasteiger partial charge on any atom is 0.338 e. The molecule has 2 aromatic rings. The fourth-order valence-electron chi connectivity index (χ4n) is 4.15. The van der Waals surface area contributed by atoms with Crippen LogP contribution in [0.15, 0.2) is 59.1 Å². The van der Waals surface area contributed by atoms with E-state index in [9.17, 15) is 14.9 Å². The van der Waals surface area contributed by atoms with E-state index in [1.54, 1.807) is 24.0 Å². The molecule has 2 heterocycles. The molecule has 33 heavy (non-hydrogen) atoms. The Morgan fingerprint density at radius 2 is 1.88 bits per heavy atom. The van der Waals surface area contributed by atoms with Crippen LogP contribution in [0.3, 0.4) is 0 Å². The summed E-state index contributed by atoms with van der Waals surface area (Å²) in [6, 6.07) is 17.9. The highest BCUT2D eigenvalue weighted by Crippen LogP contribution is 2.43. The molecule has 0 N–H and O–H groups in total. The van der Waals surface area contributed by atoms with Crippen molar-refractivity contribution in [3.05, 3.63) is 75.8 Å². The molecular weight excluding hydrogens is 434 g/mol. The fraction of sp³-hybridized carbons (Fsp3) is 0.346. The minimum absolute atomic E-state index is 0.0160. The minimum atomic E-state index is -0.348. The molecule has 0 bridgehead atoms. The van der Waals surface area contributed by atoms with Crippen LogP contribution in [0.1, 0.15) is 60.5 Å². The van der Waals surface area contributed by atoms with Crippen LogP contribution in [0.25, 0.3) is 0 Å². The van der Waals surface area contributed by atoms with Gasteiger partial charge in [0.25, 0.3) is 0 Å². The summed E-state index contributed by atoms with van der Waals surface area (Å²) in [7, 11) is 0. The fourth-order valence-corrected chi connectivity index (χ4v) is 5.31. The van der Waals surface area contributed by atoms with Crippen molar-refractivity contribution in [3.8, 4) is 6.07 Å². The van der Waals surface area contributed by atoms with Crippen molar-refractivity contribution >= 4 is 29.3 Å². The van der Waals surface area contributed by atoms with E-state index < -0.39 is 0 Å². The van der Waals surface area contributed by atoms with Gasteiger partial charge < -0.3 is 9.64 Å². The predicted molar refractivity (Wildman–Crippen MR) is 130 cm³/mol. The highest BCUT2D eigenvalue weighted by molar-refractivity contribution is 8.03. The molecule has 1 unspecified atom stereocenters. The molecule has 1 amide bonds. The van der Waals surface area contributed by atoms with Crippen LogP contribution in [-0.4, -0.2) is 35.9 Å². The lowest BCUT2D eigenvalue weighted by Gasteiger charge is -2.42. The van der Waals surface area contributed by atoms with Gasteiger partial charge in [-0.2, -0.15) is 5.26 Å². The highest BCUT2D eigenvalue weighted by atomic mass is 32.2. The molecule has 170 valence electrons. The number of benzene rings is 2. The third-order valence-corrected chi connectivity index (χ3v) is 7.20. The van der Waals surface area contributed by atoms with E-state index in [-0.39, 0.29) is 24.2 Å². The average molecular weight is 462 g/mol. The number of nitrogens with zero attached hydrogens (tertiary/aromatic N) is 3. The summed E-state index contributed by atoms with van der Waals surface area (Å²) in [6.45, 7) is 6.78. The first kappa shape index (κ1) is 22.9. The van der Waals surface area contributed by atoms with Gasteiger partial charge in [-0.15, -0.1) is 0 Å². The van der Waals surface area contributed by atoms with Crippen molar-refractivity contribution in [3.63, 3.8) is 0 Å². The van der Waals surface area contributed by atoms with Crippen molar-refractivity contribution in [1.29, 1.82) is 5.26 Å². The second-order valence-electron chi connectivity index (χ2n) is 8.45. The molecule has 7 heteroatoms. The monoisotopic (exact) mass is 461 g/mol. The predicted octanol–water partition coefficient (Wildman–Crippen LogP) is 5.21. The molecule has 2 aliphatic heterocycles. The van der Waals surface area contributed by atoms with E-state index in [0.717, 1.165) is 16.3 Å². The average Bonchev–Trinajstić information content (AvgIpc) is 2.84. The number of hydrogen-bond donors (Lipinski definition) is 0. The first-order valence-corrected chi connectivity index (χ1v) is 12.1. The van der Waals surface area contributed by atoms with Crippen molar-refractivity contribution in [2.75, 3.05) is 24.1 Å². The lowest BCUT2D eigenvalue weighted by atomic mass is 9.85. The van der Waals surface area contributed by atoms with Crippen LogP contribution in [0.5, 0.6) is 0 Å². The third-order valence-electron chi connectivity index (χ3n) is 6.04. The van der Waals surface area contributed by atoms with E-state index >= 15 is 0 Å². The van der Waals surface area contributed by atoms with Gasteiger partial charge in [-0.05, 0) is 48.2 Å². The van der Waals surface area contributed by atoms with Crippen LogP contribution < -0.4 is 4.90 Å². The topological polar surface area (TPSA) is 73.6 Å². The van der Waals surface area contributed by atoms with E-state index in [2.05, 4.69) is 36.9 Å². The van der Waals surface area contributed by atoms with Crippen LogP contribution in [0, 0.1) is 11.3 Å². The summed E-state index contributed by atoms with van der Waals surface area (Å²) < 4.78 is 5.04. The zero-order chi connectivity index (χ0) is 23.5. The number of rotatable bonds is 5. The first-order chi connectivity index (χ1) is 15.9. The first-order valence-electron chi connectivity index (χ1n) is 11.1. The normalized spacial score (nSPS) is 18.3. The molecule has 6 nitrogen and oxygen atoms in total. The highest BCUT2D eigenvalue weighted by Gasteiger charge is 2.38. The molecule has 0 aliphatic carbocycles. The van der Waals surface area contributed by atoms with Crippen molar-refractivity contribution < 1.29 is 14.3 Å². The lowest BCUT2D eigenvalue weighted by molar-refractivity contribution is -0.129. The molecule has 0 spiro atoms. The number of fused-ring (bicyclic) bond motifs is 1. The van der Waals surface area contributed by atoms with Gasteiger partial charge in [0.05, 0.1) is 41.4 Å². The Balaban J connectivity index is 1.56. The zero-order valence-electron chi connectivity index (χ0n) is 19.1. The van der Waals surface area contributed by atoms with Crippen molar-refractivity contribution in [2.24, 2.45) is 0 Å². The summed E-state index contributed by atoms with van der Waals surface area (Å²) in [6.07, 6.45) is 0.281. The van der Waals surface area contributed by atoms with Crippen LogP contribution in [0.4, 0.5) is 5.69 Å². The Morgan fingerprint density at radius 3 is 2.48 bits per heavy atom. The van der Waals surface area contributed by atoms with Crippen LogP contribution in [0.2, 0.25) is 0 Å². The number of thioether (sulfide) groups is 1. The Kier molecular flexibility index (Phi) is 6.75. The lowest BCUT2D eigenvalue weighted by Crippen LogP contribution is -2.47. The summed E-state index contributed by atoms with van der Waals surface area (Å²) >= 11 is 1.51. The van der Waals surface area contributed by atoms with Gasteiger partial charge in [0.2, 0.25) is 5.91 Å². The van der Waals surface area contributed by atoms with Gasteiger partial charge in [-0.25, -0.2) is 4.79 Å². The molecule has 2 aromatic carbocycles. The summed E-state index contributed by atoms with van der Waals surface area (Å²) in [5, 5.41) is 10.7. The van der Waals surface area contributed by atoms with Gasteiger partial charge in [-0.1, -0.05) is 49.9 Å². The Hall–Kier alpha value is -3.24. The molecule has 0 radical (unpaired) electrons. The van der Waals surface area contributed by atoms with Crippen LogP contribution in [-0.2, 0) is 9.53 Å². The number of carbonyl (C=O) groups excluding carboxylic acids is 2. The Bertz CT molecular complexity index is 1120. The molecule has 1 saturated heterocycles. The number of allylic oxidation sites excluding steroid dienone is 1. The van der Waals surface area contributed by atoms with E-state index in [1.807, 2.05) is 24.3 Å². The number of esters is 1. The van der Waals surface area contributed by atoms with Gasteiger partial charge in [0, 0.05) is 18.0 Å². The summed E-state index contributed by atoms with van der Waals surface area (Å²) in [5.41, 5.74) is 4.32. The standard InChI is InChI=1S/C26H27N3O3S/c1-4-32-26(31)20-9-11-21(12-10-20)28-15-29-24(30)13-22(23(14-27)25(29)33-16-28)19-7-5-18(6-8-19)17(2)3/h5-12,17,22H,4,13,15-16H2,1-3H3. The SMILES string of the molecule is CCOC(=O)c1ccc(N2CSC3=C(C#N)C(c4ccc(C(C)C)cc4)CC(=O)N3C2)cc1. The Labute approximate surface area is 198 Å². The second-order valence-corrected chi connectivity index (χ2v) is 9.39. The summed E-state index contributed by atoms with van der Waals surface area (Å²) in [5.74, 6) is 0.504.